The third-order valence-electron chi connectivity index (χ3n) is 3.49. The highest BCUT2D eigenvalue weighted by molar-refractivity contribution is 5.82. The molecule has 1 N–H and O–H groups in total. The van der Waals surface area contributed by atoms with Crippen LogP contribution >= 0.6 is 0 Å². The van der Waals surface area contributed by atoms with Crippen molar-refractivity contribution in [3.05, 3.63) is 35.4 Å². The lowest BCUT2D eigenvalue weighted by Crippen LogP contribution is -2.36. The number of carboxylic acid groups (broad SMARTS) is 1. The van der Waals surface area contributed by atoms with Gasteiger partial charge in [-0.25, -0.2) is 4.79 Å². The van der Waals surface area contributed by atoms with Crippen LogP contribution in [0.1, 0.15) is 24.0 Å². The van der Waals surface area contributed by atoms with Crippen molar-refractivity contribution in [3.63, 3.8) is 0 Å². The molecule has 1 aromatic carbocycles. The second-order valence-corrected chi connectivity index (χ2v) is 5.21. The van der Waals surface area contributed by atoms with E-state index in [1.807, 2.05) is 31.2 Å². The molecule has 1 amide bonds. The SMILES string of the molecule is Cc1ccc(CN(C)C(=O)[C@@H]2CC[C@H](C(=O)O)O2)cc1. The zero-order valence-corrected chi connectivity index (χ0v) is 11.7. The Labute approximate surface area is 118 Å². The summed E-state index contributed by atoms with van der Waals surface area (Å²) in [7, 11) is 1.71. The average molecular weight is 277 g/mol. The number of aliphatic carboxylic acids is 1. The maximum atomic E-state index is 12.2. The van der Waals surface area contributed by atoms with E-state index < -0.39 is 18.2 Å². The van der Waals surface area contributed by atoms with Crippen LogP contribution in [0.2, 0.25) is 0 Å². The molecule has 1 heterocycles. The van der Waals surface area contributed by atoms with Gasteiger partial charge in [0.2, 0.25) is 0 Å². The van der Waals surface area contributed by atoms with Crippen LogP contribution in [0.5, 0.6) is 0 Å². The predicted octanol–water partition coefficient (Wildman–Crippen LogP) is 1.59. The van der Waals surface area contributed by atoms with Gasteiger partial charge in [-0.3, -0.25) is 4.79 Å². The highest BCUT2D eigenvalue weighted by atomic mass is 16.5. The number of carbonyl (C=O) groups is 2. The molecule has 0 aromatic heterocycles. The van der Waals surface area contributed by atoms with E-state index in [2.05, 4.69) is 0 Å². The average Bonchev–Trinajstić information content (AvgIpc) is 2.90. The fourth-order valence-corrected chi connectivity index (χ4v) is 2.29. The third kappa shape index (κ3) is 3.36. The van der Waals surface area contributed by atoms with Gasteiger partial charge in [0, 0.05) is 13.6 Å². The number of nitrogens with zero attached hydrogens (tertiary/aromatic N) is 1. The predicted molar refractivity (Wildman–Crippen MR) is 73.2 cm³/mol. The van der Waals surface area contributed by atoms with E-state index in [4.69, 9.17) is 9.84 Å². The second-order valence-electron chi connectivity index (χ2n) is 5.21. The number of ether oxygens (including phenoxy) is 1. The Balaban J connectivity index is 1.92. The highest BCUT2D eigenvalue weighted by Crippen LogP contribution is 2.22. The number of amides is 1. The Morgan fingerprint density at radius 3 is 2.40 bits per heavy atom. The Morgan fingerprint density at radius 2 is 1.85 bits per heavy atom. The number of hydrogen-bond donors (Lipinski definition) is 1. The van der Waals surface area contributed by atoms with Gasteiger partial charge in [-0.2, -0.15) is 0 Å². The highest BCUT2D eigenvalue weighted by Gasteiger charge is 2.35. The molecular formula is C15H19NO4. The van der Waals surface area contributed by atoms with Gasteiger partial charge in [-0.05, 0) is 25.3 Å². The van der Waals surface area contributed by atoms with E-state index in [1.54, 1.807) is 11.9 Å². The van der Waals surface area contributed by atoms with Gasteiger partial charge in [0.25, 0.3) is 5.91 Å². The summed E-state index contributed by atoms with van der Waals surface area (Å²) in [5.41, 5.74) is 2.21. The first-order chi connectivity index (χ1) is 9.47. The van der Waals surface area contributed by atoms with Crippen LogP contribution in [0.25, 0.3) is 0 Å². The lowest BCUT2D eigenvalue weighted by Gasteiger charge is -2.21. The summed E-state index contributed by atoms with van der Waals surface area (Å²) < 4.78 is 5.27. The maximum absolute atomic E-state index is 12.2. The molecule has 0 unspecified atom stereocenters. The molecule has 1 fully saturated rings. The van der Waals surface area contributed by atoms with Gasteiger partial charge in [-0.1, -0.05) is 29.8 Å². The number of carboxylic acids is 1. The van der Waals surface area contributed by atoms with Crippen molar-refractivity contribution in [2.75, 3.05) is 7.05 Å². The van der Waals surface area contributed by atoms with Crippen molar-refractivity contribution in [2.24, 2.45) is 0 Å². The molecule has 5 heteroatoms. The van der Waals surface area contributed by atoms with Crippen molar-refractivity contribution in [3.8, 4) is 0 Å². The summed E-state index contributed by atoms with van der Waals surface area (Å²) in [6.45, 7) is 2.51. The Kier molecular flexibility index (Phi) is 4.39. The topological polar surface area (TPSA) is 66.8 Å². The fourth-order valence-electron chi connectivity index (χ4n) is 2.29. The largest absolute Gasteiger partial charge is 0.479 e. The molecule has 1 saturated heterocycles. The first-order valence-electron chi connectivity index (χ1n) is 6.66. The first-order valence-corrected chi connectivity index (χ1v) is 6.66. The van der Waals surface area contributed by atoms with Gasteiger partial charge >= 0.3 is 5.97 Å². The van der Waals surface area contributed by atoms with Gasteiger partial charge in [0.1, 0.15) is 6.10 Å². The van der Waals surface area contributed by atoms with E-state index in [9.17, 15) is 9.59 Å². The molecule has 108 valence electrons. The minimum atomic E-state index is -0.999. The number of carbonyl (C=O) groups excluding carboxylic acids is 1. The molecule has 0 saturated carbocycles. The lowest BCUT2D eigenvalue weighted by atomic mass is 10.1. The number of hydrogen-bond acceptors (Lipinski definition) is 3. The summed E-state index contributed by atoms with van der Waals surface area (Å²) in [6.07, 6.45) is -0.624. The van der Waals surface area contributed by atoms with Crippen molar-refractivity contribution in [1.29, 1.82) is 0 Å². The summed E-state index contributed by atoms with van der Waals surface area (Å²) in [5.74, 6) is -1.16. The summed E-state index contributed by atoms with van der Waals surface area (Å²) in [5, 5.41) is 8.86. The Morgan fingerprint density at radius 1 is 1.25 bits per heavy atom. The van der Waals surface area contributed by atoms with Gasteiger partial charge in [-0.15, -0.1) is 0 Å². The van der Waals surface area contributed by atoms with E-state index >= 15 is 0 Å². The number of rotatable bonds is 4. The quantitative estimate of drug-likeness (QED) is 0.907. The maximum Gasteiger partial charge on any atom is 0.332 e. The van der Waals surface area contributed by atoms with Crippen molar-refractivity contribution in [1.82, 2.24) is 4.90 Å². The molecule has 5 nitrogen and oxygen atoms in total. The molecule has 2 atom stereocenters. The van der Waals surface area contributed by atoms with Gasteiger partial charge < -0.3 is 14.7 Å². The van der Waals surface area contributed by atoms with Crippen molar-refractivity contribution in [2.45, 2.75) is 38.5 Å². The van der Waals surface area contributed by atoms with Crippen LogP contribution in [0, 0.1) is 6.92 Å². The minimum Gasteiger partial charge on any atom is -0.479 e. The third-order valence-corrected chi connectivity index (χ3v) is 3.49. The second kappa shape index (κ2) is 6.05. The van der Waals surface area contributed by atoms with E-state index in [0.29, 0.717) is 19.4 Å². The van der Waals surface area contributed by atoms with E-state index in [-0.39, 0.29) is 5.91 Å². The monoisotopic (exact) mass is 277 g/mol. The van der Waals surface area contributed by atoms with Crippen LogP contribution in [0.3, 0.4) is 0 Å². The van der Waals surface area contributed by atoms with Crippen molar-refractivity contribution < 1.29 is 19.4 Å². The Bertz CT molecular complexity index is 497. The van der Waals surface area contributed by atoms with E-state index in [1.165, 1.54) is 5.56 Å². The number of benzene rings is 1. The summed E-state index contributed by atoms with van der Waals surface area (Å²) in [4.78, 5) is 24.6. The summed E-state index contributed by atoms with van der Waals surface area (Å²) in [6, 6.07) is 7.96. The molecule has 0 bridgehead atoms. The molecule has 2 rings (SSSR count). The normalized spacial score (nSPS) is 21.7. The molecule has 0 spiro atoms. The standard InChI is InChI=1S/C15H19NO4/c1-10-3-5-11(6-4-10)9-16(2)14(17)12-7-8-13(20-12)15(18)19/h3-6,12-13H,7-9H2,1-2H3,(H,18,19)/t12-,13+/m0/s1. The zero-order valence-electron chi connectivity index (χ0n) is 11.7. The minimum absolute atomic E-state index is 0.158. The van der Waals surface area contributed by atoms with Crippen LogP contribution in [-0.4, -0.2) is 41.1 Å². The molecule has 1 aliphatic rings. The van der Waals surface area contributed by atoms with Gasteiger partial charge in [0.15, 0.2) is 6.10 Å². The van der Waals surface area contributed by atoms with Crippen LogP contribution in [0.4, 0.5) is 0 Å². The molecule has 1 aliphatic heterocycles. The zero-order chi connectivity index (χ0) is 14.7. The Hall–Kier alpha value is -1.88. The van der Waals surface area contributed by atoms with E-state index in [0.717, 1.165) is 5.56 Å². The number of aryl methyl sites for hydroxylation is 1. The van der Waals surface area contributed by atoms with Crippen molar-refractivity contribution >= 4 is 11.9 Å². The fraction of sp³-hybridized carbons (Fsp3) is 0.467. The lowest BCUT2D eigenvalue weighted by molar-refractivity contribution is -0.154. The molecular weight excluding hydrogens is 258 g/mol. The van der Waals surface area contributed by atoms with Crippen LogP contribution in [-0.2, 0) is 20.9 Å². The van der Waals surface area contributed by atoms with Crippen LogP contribution in [0.15, 0.2) is 24.3 Å². The molecule has 20 heavy (non-hydrogen) atoms. The molecule has 1 aromatic rings. The summed E-state index contributed by atoms with van der Waals surface area (Å²) >= 11 is 0. The molecule has 0 aliphatic carbocycles. The smallest absolute Gasteiger partial charge is 0.332 e. The number of likely N-dealkylation sites (N-methyl/N-ethyl adjacent to an activating group) is 1. The first kappa shape index (κ1) is 14.5. The molecule has 0 radical (unpaired) electrons. The van der Waals surface area contributed by atoms with Gasteiger partial charge in [0.05, 0.1) is 0 Å². The van der Waals surface area contributed by atoms with Crippen LogP contribution < -0.4 is 0 Å².